The van der Waals surface area contributed by atoms with Crippen LogP contribution in [-0.2, 0) is 15.1 Å². The number of likely N-dealkylation sites (N-methyl/N-ethyl adjacent to an activating group) is 1. The van der Waals surface area contributed by atoms with Crippen LogP contribution in [0.15, 0.2) is 24.3 Å². The number of halogens is 1. The second-order valence-electron chi connectivity index (χ2n) is 6.27. The molecule has 3 atom stereocenters. The molecule has 0 spiro atoms. The van der Waals surface area contributed by atoms with Crippen molar-refractivity contribution in [2.24, 2.45) is 11.7 Å². The van der Waals surface area contributed by atoms with Gasteiger partial charge in [0.15, 0.2) is 11.4 Å². The van der Waals surface area contributed by atoms with Crippen LogP contribution in [0.25, 0.3) is 0 Å². The summed E-state index contributed by atoms with van der Waals surface area (Å²) in [6.07, 6.45) is 2.64. The quantitative estimate of drug-likeness (QED) is 0.822. The number of nitrogens with one attached hydrogen (secondary N) is 1. The molecule has 0 radical (unpaired) electrons. The maximum Gasteiger partial charge on any atom is 0.405 e. The molecule has 0 heterocycles. The second-order valence-corrected chi connectivity index (χ2v) is 6.67. The van der Waals surface area contributed by atoms with Gasteiger partial charge in [0.1, 0.15) is 0 Å². The highest BCUT2D eigenvalue weighted by atomic mass is 35.5. The molecule has 1 aliphatic rings. The Hall–Kier alpha value is -1.59. The van der Waals surface area contributed by atoms with E-state index in [1.807, 2.05) is 25.1 Å². The summed E-state index contributed by atoms with van der Waals surface area (Å²) in [4.78, 5) is 24.7. The number of ketones is 1. The average Bonchev–Trinajstić information content (AvgIpc) is 2.54. The van der Waals surface area contributed by atoms with Gasteiger partial charge >= 0.3 is 6.09 Å². The molecule has 2 rings (SSSR count). The maximum absolute atomic E-state index is 13.0. The van der Waals surface area contributed by atoms with E-state index in [0.717, 1.165) is 19.3 Å². The van der Waals surface area contributed by atoms with E-state index in [1.165, 1.54) is 0 Å². The number of hydrogen-bond acceptors (Lipinski definition) is 4. The molecular formula is C18H25ClN2O3. The number of nitrogens with two attached hydrogens (primary N) is 1. The normalized spacial score (nSPS) is 23.5. The molecule has 1 fully saturated rings. The van der Waals surface area contributed by atoms with Gasteiger partial charge in [-0.2, -0.15) is 0 Å². The summed E-state index contributed by atoms with van der Waals surface area (Å²) >= 11 is 6.41. The summed E-state index contributed by atoms with van der Waals surface area (Å²) in [5.41, 5.74) is 4.92. The summed E-state index contributed by atoms with van der Waals surface area (Å²) in [6.45, 7) is 1.98. The van der Waals surface area contributed by atoms with Crippen LogP contribution < -0.4 is 11.1 Å². The first-order valence-corrected chi connectivity index (χ1v) is 8.78. The van der Waals surface area contributed by atoms with Gasteiger partial charge in [-0.3, -0.25) is 4.79 Å². The minimum absolute atomic E-state index is 0.0540. The molecule has 0 aliphatic heterocycles. The van der Waals surface area contributed by atoms with Crippen molar-refractivity contribution in [3.63, 3.8) is 0 Å². The molecule has 1 aliphatic carbocycles. The van der Waals surface area contributed by atoms with Crippen molar-refractivity contribution >= 4 is 23.5 Å². The van der Waals surface area contributed by atoms with Crippen molar-refractivity contribution in [1.82, 2.24) is 5.32 Å². The van der Waals surface area contributed by atoms with Gasteiger partial charge in [-0.1, -0.05) is 49.6 Å². The lowest BCUT2D eigenvalue weighted by atomic mass is 9.69. The van der Waals surface area contributed by atoms with Gasteiger partial charge in [0.2, 0.25) is 0 Å². The van der Waals surface area contributed by atoms with Crippen LogP contribution in [-0.4, -0.2) is 25.0 Å². The van der Waals surface area contributed by atoms with Crippen LogP contribution in [0.2, 0.25) is 5.02 Å². The molecule has 1 amide bonds. The molecule has 132 valence electrons. The van der Waals surface area contributed by atoms with Crippen LogP contribution in [0, 0.1) is 5.92 Å². The lowest BCUT2D eigenvalue weighted by Crippen LogP contribution is -2.52. The fraction of sp³-hybridized carbons (Fsp3) is 0.556. The van der Waals surface area contributed by atoms with Crippen molar-refractivity contribution in [3.05, 3.63) is 34.9 Å². The minimum Gasteiger partial charge on any atom is -0.437 e. The van der Waals surface area contributed by atoms with Crippen molar-refractivity contribution in [2.45, 2.75) is 50.7 Å². The Kier molecular flexibility index (Phi) is 6.24. The van der Waals surface area contributed by atoms with Crippen molar-refractivity contribution in [2.75, 3.05) is 7.05 Å². The van der Waals surface area contributed by atoms with Gasteiger partial charge < -0.3 is 15.8 Å². The topological polar surface area (TPSA) is 81.4 Å². The SMILES string of the molecule is CCCC(OC(N)=O)(c1ccccc1Cl)C1CCCC(NC)C1=O. The number of carbonyl (C=O) groups is 2. The molecule has 0 bridgehead atoms. The summed E-state index contributed by atoms with van der Waals surface area (Å²) in [5.74, 6) is -0.408. The predicted molar refractivity (Wildman–Crippen MR) is 93.9 cm³/mol. The first-order chi connectivity index (χ1) is 11.5. The highest BCUT2D eigenvalue weighted by Gasteiger charge is 2.50. The van der Waals surface area contributed by atoms with Crippen LogP contribution in [0.3, 0.4) is 0 Å². The molecule has 6 heteroatoms. The molecule has 5 nitrogen and oxygen atoms in total. The molecule has 3 unspecified atom stereocenters. The Balaban J connectivity index is 2.58. The predicted octanol–water partition coefficient (Wildman–Crippen LogP) is 3.39. The highest BCUT2D eigenvalue weighted by Crippen LogP contribution is 2.46. The Morgan fingerprint density at radius 3 is 2.71 bits per heavy atom. The number of carbonyl (C=O) groups excluding carboxylic acids is 2. The van der Waals surface area contributed by atoms with Gasteiger partial charge in [0, 0.05) is 10.6 Å². The number of hydrogen-bond donors (Lipinski definition) is 2. The van der Waals surface area contributed by atoms with Crippen LogP contribution in [0.5, 0.6) is 0 Å². The molecular weight excluding hydrogens is 328 g/mol. The van der Waals surface area contributed by atoms with E-state index in [2.05, 4.69) is 5.32 Å². The molecule has 0 aromatic heterocycles. The third-order valence-corrected chi connectivity index (χ3v) is 5.15. The van der Waals surface area contributed by atoms with E-state index in [-0.39, 0.29) is 11.8 Å². The lowest BCUT2D eigenvalue weighted by Gasteiger charge is -2.43. The molecule has 1 aromatic rings. The third-order valence-electron chi connectivity index (χ3n) is 4.82. The van der Waals surface area contributed by atoms with E-state index in [0.29, 0.717) is 23.4 Å². The summed E-state index contributed by atoms with van der Waals surface area (Å²) in [5, 5.41) is 3.54. The van der Waals surface area contributed by atoms with E-state index >= 15 is 0 Å². The Labute approximate surface area is 147 Å². The van der Waals surface area contributed by atoms with Gasteiger partial charge in [0.05, 0.1) is 12.0 Å². The number of rotatable bonds is 6. The molecule has 24 heavy (non-hydrogen) atoms. The Morgan fingerprint density at radius 1 is 1.42 bits per heavy atom. The molecule has 1 saturated carbocycles. The van der Waals surface area contributed by atoms with Gasteiger partial charge in [-0.15, -0.1) is 0 Å². The first kappa shape index (κ1) is 18.7. The zero-order valence-corrected chi connectivity index (χ0v) is 14.9. The summed E-state index contributed by atoms with van der Waals surface area (Å²) in [7, 11) is 1.77. The largest absolute Gasteiger partial charge is 0.437 e. The summed E-state index contributed by atoms with van der Waals surface area (Å²) in [6, 6.07) is 6.97. The van der Waals surface area contributed by atoms with Crippen molar-refractivity contribution in [1.29, 1.82) is 0 Å². The molecule has 1 aromatic carbocycles. The van der Waals surface area contributed by atoms with Crippen molar-refractivity contribution < 1.29 is 14.3 Å². The second kappa shape index (κ2) is 7.99. The number of amides is 1. The zero-order valence-electron chi connectivity index (χ0n) is 14.2. The fourth-order valence-electron chi connectivity index (χ4n) is 3.83. The van der Waals surface area contributed by atoms with Gasteiger partial charge in [0.25, 0.3) is 0 Å². The van der Waals surface area contributed by atoms with Crippen LogP contribution >= 0.6 is 11.6 Å². The maximum atomic E-state index is 13.0. The molecule has 0 saturated heterocycles. The highest BCUT2D eigenvalue weighted by molar-refractivity contribution is 6.31. The van der Waals surface area contributed by atoms with E-state index < -0.39 is 17.6 Å². The van der Waals surface area contributed by atoms with Crippen LogP contribution in [0.4, 0.5) is 4.79 Å². The lowest BCUT2D eigenvalue weighted by molar-refractivity contribution is -0.139. The number of Topliss-reactive ketones (excluding diaryl/α,β-unsaturated/α-hetero) is 1. The fourth-order valence-corrected chi connectivity index (χ4v) is 4.13. The molecule has 3 N–H and O–H groups in total. The van der Waals surface area contributed by atoms with Crippen molar-refractivity contribution in [3.8, 4) is 0 Å². The number of ether oxygens (including phenoxy) is 1. The minimum atomic E-state index is -1.12. The van der Waals surface area contributed by atoms with E-state index in [9.17, 15) is 9.59 Å². The third kappa shape index (κ3) is 3.57. The smallest absolute Gasteiger partial charge is 0.405 e. The number of benzene rings is 1. The number of primary amides is 1. The van der Waals surface area contributed by atoms with E-state index in [4.69, 9.17) is 22.1 Å². The average molecular weight is 353 g/mol. The standard InChI is InChI=1S/C18H25ClN2O3/c1-3-11-18(24-17(20)23,12-7-4-5-9-14(12)19)13-8-6-10-15(21-2)16(13)22/h4-5,7,9,13,15,21H,3,6,8,10-11H2,1-2H3,(H2,20,23). The summed E-state index contributed by atoms with van der Waals surface area (Å²) < 4.78 is 5.65. The first-order valence-electron chi connectivity index (χ1n) is 8.40. The van der Waals surface area contributed by atoms with Gasteiger partial charge in [-0.25, -0.2) is 4.79 Å². The van der Waals surface area contributed by atoms with E-state index in [1.54, 1.807) is 13.1 Å². The monoisotopic (exact) mass is 352 g/mol. The van der Waals surface area contributed by atoms with Crippen LogP contribution in [0.1, 0.15) is 44.6 Å². The Bertz CT molecular complexity index is 608. The zero-order chi connectivity index (χ0) is 17.7. The van der Waals surface area contributed by atoms with Gasteiger partial charge in [-0.05, 0) is 32.4 Å². The Morgan fingerprint density at radius 2 is 2.12 bits per heavy atom.